The Morgan fingerprint density at radius 1 is 0.958 bits per heavy atom. The van der Waals surface area contributed by atoms with Crippen molar-refractivity contribution >= 4 is 35.5 Å². The molecule has 0 saturated heterocycles. The van der Waals surface area contributed by atoms with Gasteiger partial charge in [0.1, 0.15) is 5.84 Å². The fraction of sp³-hybridized carbons (Fsp3) is 0.632. The van der Waals surface area contributed by atoms with Crippen LogP contribution in [0, 0.1) is 0 Å². The van der Waals surface area contributed by atoms with E-state index in [1.165, 1.54) is 0 Å². The second-order valence-electron chi connectivity index (χ2n) is 8.96. The van der Waals surface area contributed by atoms with E-state index in [9.17, 15) is 0 Å². The quantitative estimate of drug-likeness (QED) is 0.361. The first kappa shape index (κ1) is 21.5. The molecule has 5 heteroatoms. The lowest BCUT2D eigenvalue weighted by Crippen LogP contribution is -2.50. The van der Waals surface area contributed by atoms with Crippen molar-refractivity contribution < 1.29 is 0 Å². The standard InChI is InChI=1S/C19H32N2S2Si/c1-17(2,3)20-16(15-13-11-10-12-14-15)21(18(4,5)6)24(22)23-19(7,8)9/h10-14H,1-9H3. The van der Waals surface area contributed by atoms with Crippen molar-refractivity contribution in [1.29, 1.82) is 0 Å². The van der Waals surface area contributed by atoms with Crippen LogP contribution in [0.25, 0.3) is 0 Å². The van der Waals surface area contributed by atoms with Crippen molar-refractivity contribution in [2.45, 2.75) is 78.1 Å². The predicted octanol–water partition coefficient (Wildman–Crippen LogP) is 6.05. The molecule has 0 spiro atoms. The van der Waals surface area contributed by atoms with Crippen LogP contribution in [0.15, 0.2) is 35.3 Å². The Bertz CT molecular complexity index is 591. The maximum atomic E-state index is 6.03. The van der Waals surface area contributed by atoms with Gasteiger partial charge in [0.25, 0.3) is 6.82 Å². The summed E-state index contributed by atoms with van der Waals surface area (Å²) >= 11 is 7.93. The third-order valence-corrected chi connectivity index (χ3v) is 9.17. The van der Waals surface area contributed by atoms with E-state index in [4.69, 9.17) is 16.6 Å². The molecular weight excluding hydrogens is 348 g/mol. The zero-order valence-corrected chi connectivity index (χ0v) is 19.2. The monoisotopic (exact) mass is 380 g/mol. The molecule has 0 aliphatic rings. The molecule has 134 valence electrons. The fourth-order valence-electron chi connectivity index (χ4n) is 2.13. The molecule has 0 unspecified atom stereocenters. The SMILES string of the molecule is CC(C)(C)N=C(c1ccccc1)N([Si](=S)SC(C)(C)C)C(C)(C)C. The Hall–Kier alpha value is -0.523. The Morgan fingerprint density at radius 3 is 1.83 bits per heavy atom. The summed E-state index contributed by atoms with van der Waals surface area (Å²) in [5.74, 6) is 1.02. The minimum atomic E-state index is -1.26. The van der Waals surface area contributed by atoms with Gasteiger partial charge in [-0.3, -0.25) is 4.99 Å². The molecule has 0 amide bonds. The molecule has 0 heterocycles. The van der Waals surface area contributed by atoms with Gasteiger partial charge in [-0.15, -0.1) is 11.2 Å². The van der Waals surface area contributed by atoms with Gasteiger partial charge in [-0.25, -0.2) is 0 Å². The molecule has 0 atom stereocenters. The summed E-state index contributed by atoms with van der Waals surface area (Å²) in [5, 5.41) is 0. The predicted molar refractivity (Wildman–Crippen MR) is 115 cm³/mol. The van der Waals surface area contributed by atoms with Crippen LogP contribution in [0.2, 0.25) is 0 Å². The third-order valence-electron chi connectivity index (χ3n) is 2.93. The minimum Gasteiger partial charge on any atom is -0.342 e. The molecule has 0 fully saturated rings. The highest BCUT2D eigenvalue weighted by Gasteiger charge is 2.33. The molecule has 2 nitrogen and oxygen atoms in total. The molecule has 0 bridgehead atoms. The summed E-state index contributed by atoms with van der Waals surface area (Å²) < 4.78 is 2.53. The summed E-state index contributed by atoms with van der Waals surface area (Å²) in [6, 6.07) is 10.5. The van der Waals surface area contributed by atoms with E-state index < -0.39 is 6.82 Å². The fourth-order valence-corrected chi connectivity index (χ4v) is 9.91. The van der Waals surface area contributed by atoms with Crippen molar-refractivity contribution in [3.05, 3.63) is 35.9 Å². The van der Waals surface area contributed by atoms with Crippen LogP contribution >= 0.6 is 22.8 Å². The third kappa shape index (κ3) is 7.15. The molecule has 0 N–H and O–H groups in total. The van der Waals surface area contributed by atoms with Crippen molar-refractivity contribution in [1.82, 2.24) is 4.57 Å². The highest BCUT2D eigenvalue weighted by atomic mass is 32.5. The largest absolute Gasteiger partial charge is 0.342 e. The zero-order valence-electron chi connectivity index (χ0n) is 16.6. The number of amidine groups is 1. The van der Waals surface area contributed by atoms with E-state index in [1.54, 1.807) is 0 Å². The highest BCUT2D eigenvalue weighted by molar-refractivity contribution is 8.35. The average molecular weight is 381 g/mol. The second-order valence-corrected chi connectivity index (χ2v) is 15.1. The Labute approximate surface area is 159 Å². The summed E-state index contributed by atoms with van der Waals surface area (Å²) in [5.41, 5.74) is 0.913. The average Bonchev–Trinajstić information content (AvgIpc) is 2.33. The number of aliphatic imine (C=N–C) groups is 1. The van der Waals surface area contributed by atoms with Gasteiger partial charge in [0.15, 0.2) is 0 Å². The first-order chi connectivity index (χ1) is 10.7. The lowest BCUT2D eigenvalue weighted by atomic mass is 10.1. The number of benzene rings is 1. The first-order valence-corrected chi connectivity index (χ1v) is 12.5. The van der Waals surface area contributed by atoms with E-state index in [0.29, 0.717) is 0 Å². The van der Waals surface area contributed by atoms with Crippen LogP contribution in [0.3, 0.4) is 0 Å². The van der Waals surface area contributed by atoms with Crippen molar-refractivity contribution in [3.63, 3.8) is 0 Å². The summed E-state index contributed by atoms with van der Waals surface area (Å²) in [6.45, 7) is 18.6. The van der Waals surface area contributed by atoms with E-state index in [2.05, 4.69) is 91.1 Å². The topological polar surface area (TPSA) is 15.6 Å². The van der Waals surface area contributed by atoms with Crippen molar-refractivity contribution in [2.24, 2.45) is 4.99 Å². The lowest BCUT2D eigenvalue weighted by molar-refractivity contribution is 0.359. The molecule has 1 rings (SSSR count). The molecule has 24 heavy (non-hydrogen) atoms. The van der Waals surface area contributed by atoms with Gasteiger partial charge in [0, 0.05) is 15.8 Å². The Morgan fingerprint density at radius 2 is 1.46 bits per heavy atom. The van der Waals surface area contributed by atoms with Gasteiger partial charge in [-0.2, -0.15) is 0 Å². The van der Waals surface area contributed by atoms with Gasteiger partial charge in [-0.05, 0) is 41.5 Å². The number of rotatable bonds is 3. The van der Waals surface area contributed by atoms with Crippen molar-refractivity contribution in [2.75, 3.05) is 0 Å². The molecular formula is C19H32N2S2Si. The van der Waals surface area contributed by atoms with E-state index in [1.807, 2.05) is 17.3 Å². The molecule has 0 radical (unpaired) electrons. The van der Waals surface area contributed by atoms with Crippen LogP contribution in [0.5, 0.6) is 0 Å². The highest BCUT2D eigenvalue weighted by Crippen LogP contribution is 2.30. The molecule has 1 aromatic rings. The summed E-state index contributed by atoms with van der Waals surface area (Å²) in [4.78, 5) is 5.09. The smallest absolute Gasteiger partial charge is 0.284 e. The molecule has 0 aliphatic carbocycles. The van der Waals surface area contributed by atoms with E-state index >= 15 is 0 Å². The maximum absolute atomic E-state index is 6.03. The number of hydrogen-bond donors (Lipinski definition) is 0. The molecule has 0 aliphatic heterocycles. The van der Waals surface area contributed by atoms with Crippen molar-refractivity contribution in [3.8, 4) is 0 Å². The van der Waals surface area contributed by atoms with Crippen LogP contribution in [-0.4, -0.2) is 33.0 Å². The van der Waals surface area contributed by atoms with Crippen LogP contribution in [0.1, 0.15) is 67.9 Å². The molecule has 0 saturated carbocycles. The number of hydrogen-bond acceptors (Lipinski definition) is 3. The summed E-state index contributed by atoms with van der Waals surface area (Å²) in [6.07, 6.45) is 0. The normalized spacial score (nSPS) is 13.8. The number of nitrogens with zero attached hydrogens (tertiary/aromatic N) is 2. The van der Waals surface area contributed by atoms with E-state index in [-0.39, 0.29) is 15.8 Å². The second kappa shape index (κ2) is 7.79. The van der Waals surface area contributed by atoms with Gasteiger partial charge in [0.2, 0.25) is 0 Å². The van der Waals surface area contributed by atoms with Gasteiger partial charge < -0.3 is 4.57 Å². The van der Waals surface area contributed by atoms with Gasteiger partial charge in [0.05, 0.1) is 5.54 Å². The van der Waals surface area contributed by atoms with Crippen LogP contribution < -0.4 is 0 Å². The zero-order chi connectivity index (χ0) is 18.8. The van der Waals surface area contributed by atoms with E-state index in [0.717, 1.165) is 11.4 Å². The summed E-state index contributed by atoms with van der Waals surface area (Å²) in [7, 11) is 0. The molecule has 0 aromatic heterocycles. The van der Waals surface area contributed by atoms with Gasteiger partial charge >= 0.3 is 0 Å². The Kier molecular flexibility index (Phi) is 6.99. The first-order valence-electron chi connectivity index (χ1n) is 8.39. The maximum Gasteiger partial charge on any atom is 0.284 e. The Balaban J connectivity index is 3.48. The van der Waals surface area contributed by atoms with Crippen LogP contribution in [0.4, 0.5) is 0 Å². The van der Waals surface area contributed by atoms with Gasteiger partial charge in [-0.1, -0.05) is 62.7 Å². The molecule has 1 aromatic carbocycles. The lowest BCUT2D eigenvalue weighted by Gasteiger charge is -2.40. The van der Waals surface area contributed by atoms with Crippen LogP contribution in [-0.2, 0) is 0 Å². The minimum absolute atomic E-state index is 0.0752.